The van der Waals surface area contributed by atoms with E-state index in [1.54, 1.807) is 0 Å². The number of rotatable bonds is 2. The molecule has 0 radical (unpaired) electrons. The van der Waals surface area contributed by atoms with Gasteiger partial charge in [-0.15, -0.1) is 0 Å². The van der Waals surface area contributed by atoms with Crippen LogP contribution in [0.1, 0.15) is 26.5 Å². The average molecular weight is 259 g/mol. The molecule has 1 aliphatic heterocycles. The Kier molecular flexibility index (Phi) is 5.24. The van der Waals surface area contributed by atoms with Gasteiger partial charge >= 0.3 is 5.69 Å². The molecular weight excluding hydrogens is 241 g/mol. The Morgan fingerprint density at radius 1 is 1.67 bits per heavy atom. The normalized spacial score (nSPS) is 26.6. The number of aliphatic hydroxyl groups is 1. The Balaban J connectivity index is 0.000000771. The summed E-state index contributed by atoms with van der Waals surface area (Å²) in [6.07, 6.45) is -1.54. The van der Waals surface area contributed by atoms with E-state index in [1.165, 1.54) is 12.3 Å². The number of halogens is 1. The highest BCUT2D eigenvalue weighted by atomic mass is 19.1. The number of aromatic nitrogens is 2. The molecule has 6 nitrogen and oxygen atoms in total. The van der Waals surface area contributed by atoms with Crippen molar-refractivity contribution in [3.05, 3.63) is 22.7 Å². The van der Waals surface area contributed by atoms with Crippen LogP contribution in [0.3, 0.4) is 0 Å². The molecule has 0 bridgehead atoms. The molecule has 3 unspecified atom stereocenters. The quantitative estimate of drug-likeness (QED) is 0.805. The molecule has 0 saturated carbocycles. The molecule has 0 aromatic carbocycles. The van der Waals surface area contributed by atoms with E-state index in [0.717, 1.165) is 4.57 Å². The Bertz CT molecular complexity index is 438. The molecule has 1 aliphatic rings. The molecule has 18 heavy (non-hydrogen) atoms. The fourth-order valence-electron chi connectivity index (χ4n) is 1.68. The van der Waals surface area contributed by atoms with Crippen molar-refractivity contribution in [2.75, 3.05) is 12.3 Å². The number of hydrogen-bond donors (Lipinski definition) is 2. The Hall–Kier alpha value is -1.47. The van der Waals surface area contributed by atoms with E-state index < -0.39 is 24.2 Å². The highest BCUT2D eigenvalue weighted by molar-refractivity contribution is 5.23. The van der Waals surface area contributed by atoms with E-state index >= 15 is 0 Å². The van der Waals surface area contributed by atoms with Crippen LogP contribution in [0.25, 0.3) is 0 Å². The average Bonchev–Trinajstić information content (AvgIpc) is 2.73. The van der Waals surface area contributed by atoms with Gasteiger partial charge in [-0.05, 0) is 6.07 Å². The van der Waals surface area contributed by atoms with E-state index in [-0.39, 0.29) is 18.8 Å². The minimum Gasteiger partial charge on any atom is -0.394 e. The maximum absolute atomic E-state index is 13.5. The van der Waals surface area contributed by atoms with Gasteiger partial charge in [0.25, 0.3) is 0 Å². The fourth-order valence-corrected chi connectivity index (χ4v) is 1.68. The zero-order valence-electron chi connectivity index (χ0n) is 10.4. The first-order chi connectivity index (χ1) is 8.61. The molecule has 1 aromatic rings. The van der Waals surface area contributed by atoms with Crippen LogP contribution in [0.4, 0.5) is 10.2 Å². The molecule has 3 atom stereocenters. The number of alkyl halides is 1. The third-order valence-electron chi connectivity index (χ3n) is 2.46. The van der Waals surface area contributed by atoms with Gasteiger partial charge in [0.1, 0.15) is 12.0 Å². The number of nitrogen functional groups attached to an aromatic ring is 1. The second-order valence-corrected chi connectivity index (χ2v) is 3.63. The lowest BCUT2D eigenvalue weighted by Crippen LogP contribution is -2.30. The standard InChI is InChI=1S/C9H12FN3O3.C2H6/c10-6-3-5(4-14)16-8(6)13-2-1-7(11)12-9(13)15;1-2/h1-2,5-6,8,14H,3-4H2,(H2,11,12,15);1-2H3. The first kappa shape index (κ1) is 14.6. The molecule has 0 aliphatic carbocycles. The van der Waals surface area contributed by atoms with Gasteiger partial charge in [0, 0.05) is 12.6 Å². The predicted octanol–water partition coefficient (Wildman–Crippen LogP) is 0.470. The zero-order chi connectivity index (χ0) is 13.7. The zero-order valence-corrected chi connectivity index (χ0v) is 10.4. The number of ether oxygens (including phenoxy) is 1. The molecule has 2 heterocycles. The second kappa shape index (κ2) is 6.46. The van der Waals surface area contributed by atoms with Crippen LogP contribution in [0.15, 0.2) is 17.1 Å². The maximum Gasteiger partial charge on any atom is 0.351 e. The van der Waals surface area contributed by atoms with Crippen molar-refractivity contribution in [2.45, 2.75) is 38.8 Å². The predicted molar refractivity (Wildman–Crippen MR) is 64.8 cm³/mol. The van der Waals surface area contributed by atoms with Crippen LogP contribution in [-0.4, -0.2) is 33.5 Å². The summed E-state index contributed by atoms with van der Waals surface area (Å²) in [5.74, 6) is 0.0772. The first-order valence-electron chi connectivity index (χ1n) is 5.87. The van der Waals surface area contributed by atoms with Gasteiger partial charge in [-0.3, -0.25) is 4.57 Å². The molecule has 0 spiro atoms. The summed E-state index contributed by atoms with van der Waals surface area (Å²) in [5.41, 5.74) is 4.65. The number of anilines is 1. The van der Waals surface area contributed by atoms with Crippen LogP contribution in [0, 0.1) is 0 Å². The number of nitrogens with two attached hydrogens (primary N) is 1. The minimum absolute atomic E-state index is 0.0674. The summed E-state index contributed by atoms with van der Waals surface area (Å²) in [5, 5.41) is 8.85. The highest BCUT2D eigenvalue weighted by Crippen LogP contribution is 2.29. The van der Waals surface area contributed by atoms with E-state index in [9.17, 15) is 9.18 Å². The van der Waals surface area contributed by atoms with Crippen LogP contribution in [0.5, 0.6) is 0 Å². The molecule has 1 saturated heterocycles. The van der Waals surface area contributed by atoms with E-state index in [0.29, 0.717) is 0 Å². The molecule has 1 fully saturated rings. The van der Waals surface area contributed by atoms with Crippen molar-refractivity contribution < 1.29 is 14.2 Å². The largest absolute Gasteiger partial charge is 0.394 e. The van der Waals surface area contributed by atoms with E-state index in [1.807, 2.05) is 13.8 Å². The van der Waals surface area contributed by atoms with Gasteiger partial charge in [-0.2, -0.15) is 4.98 Å². The van der Waals surface area contributed by atoms with Crippen molar-refractivity contribution in [2.24, 2.45) is 0 Å². The van der Waals surface area contributed by atoms with E-state index in [2.05, 4.69) is 4.98 Å². The Morgan fingerprint density at radius 2 is 2.33 bits per heavy atom. The summed E-state index contributed by atoms with van der Waals surface area (Å²) in [4.78, 5) is 14.9. The van der Waals surface area contributed by atoms with Crippen molar-refractivity contribution >= 4 is 5.82 Å². The first-order valence-corrected chi connectivity index (χ1v) is 5.87. The summed E-state index contributed by atoms with van der Waals surface area (Å²) in [6, 6.07) is 1.39. The molecule has 2 rings (SSSR count). The van der Waals surface area contributed by atoms with Gasteiger partial charge in [0.15, 0.2) is 6.23 Å². The maximum atomic E-state index is 13.5. The Labute approximate surface area is 104 Å². The Morgan fingerprint density at radius 3 is 2.83 bits per heavy atom. The van der Waals surface area contributed by atoms with Crippen molar-refractivity contribution in [1.82, 2.24) is 9.55 Å². The minimum atomic E-state index is -1.33. The van der Waals surface area contributed by atoms with Gasteiger partial charge in [-0.25, -0.2) is 9.18 Å². The van der Waals surface area contributed by atoms with Crippen molar-refractivity contribution in [3.8, 4) is 0 Å². The van der Waals surface area contributed by atoms with Gasteiger partial charge in [0.2, 0.25) is 0 Å². The lowest BCUT2D eigenvalue weighted by molar-refractivity contribution is -0.0393. The molecule has 0 amide bonds. The molecule has 102 valence electrons. The highest BCUT2D eigenvalue weighted by Gasteiger charge is 2.36. The summed E-state index contributed by atoms with van der Waals surface area (Å²) < 4.78 is 19.8. The van der Waals surface area contributed by atoms with Crippen LogP contribution < -0.4 is 11.4 Å². The third-order valence-corrected chi connectivity index (χ3v) is 2.46. The smallest absolute Gasteiger partial charge is 0.351 e. The molecular formula is C11H18FN3O3. The van der Waals surface area contributed by atoms with Gasteiger partial charge in [-0.1, -0.05) is 13.8 Å². The monoisotopic (exact) mass is 259 g/mol. The number of hydrogen-bond acceptors (Lipinski definition) is 5. The van der Waals surface area contributed by atoms with Crippen LogP contribution in [-0.2, 0) is 4.74 Å². The van der Waals surface area contributed by atoms with Gasteiger partial charge in [0.05, 0.1) is 12.7 Å². The molecule has 3 N–H and O–H groups in total. The van der Waals surface area contributed by atoms with Crippen molar-refractivity contribution in [3.63, 3.8) is 0 Å². The lowest BCUT2D eigenvalue weighted by atomic mass is 10.2. The van der Waals surface area contributed by atoms with Gasteiger partial charge < -0.3 is 15.6 Å². The summed E-state index contributed by atoms with van der Waals surface area (Å²) >= 11 is 0. The van der Waals surface area contributed by atoms with Crippen LogP contribution >= 0.6 is 0 Å². The fraction of sp³-hybridized carbons (Fsp3) is 0.636. The summed E-state index contributed by atoms with van der Waals surface area (Å²) in [6.45, 7) is 3.73. The topological polar surface area (TPSA) is 90.4 Å². The van der Waals surface area contributed by atoms with Crippen molar-refractivity contribution in [1.29, 1.82) is 0 Å². The van der Waals surface area contributed by atoms with Crippen LogP contribution in [0.2, 0.25) is 0 Å². The SMILES string of the molecule is CC.Nc1ccn(C2OC(CO)CC2F)c(=O)n1. The second-order valence-electron chi connectivity index (χ2n) is 3.63. The number of aliphatic hydroxyl groups excluding tert-OH is 1. The van der Waals surface area contributed by atoms with E-state index in [4.69, 9.17) is 15.6 Å². The lowest BCUT2D eigenvalue weighted by Gasteiger charge is -2.15. The summed E-state index contributed by atoms with van der Waals surface area (Å²) in [7, 11) is 0. The molecule has 1 aromatic heterocycles. The molecule has 7 heteroatoms. The third kappa shape index (κ3) is 3.05. The number of nitrogens with zero attached hydrogens (tertiary/aromatic N) is 2.